The normalized spacial score (nSPS) is 13.2. The Labute approximate surface area is 425 Å². The van der Waals surface area contributed by atoms with E-state index < -0.39 is 0 Å². The summed E-state index contributed by atoms with van der Waals surface area (Å²) in [6.07, 6.45) is 12.8. The van der Waals surface area contributed by atoms with Crippen LogP contribution in [-0.2, 0) is 0 Å². The summed E-state index contributed by atoms with van der Waals surface area (Å²) in [4.78, 5) is 4.82. The quantitative estimate of drug-likeness (QED) is 0.146. The first kappa shape index (κ1) is 43.7. The molecule has 0 bridgehead atoms. The van der Waals surface area contributed by atoms with E-state index in [-0.39, 0.29) is 0 Å². The summed E-state index contributed by atoms with van der Waals surface area (Å²) in [5.41, 5.74) is 15.8. The molecule has 0 aliphatic carbocycles. The molecule has 2 aliphatic rings. The summed E-state index contributed by atoms with van der Waals surface area (Å²) in [5, 5.41) is 12.2. The van der Waals surface area contributed by atoms with Crippen molar-refractivity contribution in [3.8, 4) is 33.8 Å². The van der Waals surface area contributed by atoms with Gasteiger partial charge in [0.25, 0.3) is 0 Å². The second-order valence-corrected chi connectivity index (χ2v) is 18.9. The molecule has 0 spiro atoms. The number of hydrogen-bond acceptors (Lipinski definition) is 4. The molecule has 0 unspecified atom stereocenters. The summed E-state index contributed by atoms with van der Waals surface area (Å²) < 4.78 is 9.44. The zero-order chi connectivity index (χ0) is 49.0. The van der Waals surface area contributed by atoms with E-state index in [0.29, 0.717) is 13.2 Å². The molecule has 0 radical (unpaired) electrons. The number of allylic oxidation sites excluding steroid dienone is 5. The van der Waals surface area contributed by atoms with Crippen molar-refractivity contribution in [2.45, 2.75) is 13.8 Å². The number of aromatic nitrogens is 1. The average molecular weight is 941 g/mol. The van der Waals surface area contributed by atoms with Gasteiger partial charge in [-0.2, -0.15) is 0 Å². The molecule has 0 fully saturated rings. The predicted molar refractivity (Wildman–Crippen MR) is 311 cm³/mol. The van der Waals surface area contributed by atoms with E-state index in [1.165, 1.54) is 49.0 Å². The fourth-order valence-corrected chi connectivity index (χ4v) is 11.4. The van der Waals surface area contributed by atoms with Gasteiger partial charge in [0.15, 0.2) is 0 Å². The number of fused-ring (bicyclic) bond motifs is 11. The molecule has 9 aromatic carbocycles. The first-order chi connectivity index (χ1) is 36.0. The van der Waals surface area contributed by atoms with Gasteiger partial charge in [-0.1, -0.05) is 195 Å². The van der Waals surface area contributed by atoms with Crippen molar-refractivity contribution in [2.75, 3.05) is 28.3 Å². The summed E-state index contributed by atoms with van der Waals surface area (Å²) >= 11 is 0. The Morgan fingerprint density at radius 2 is 1.23 bits per heavy atom. The van der Waals surface area contributed by atoms with Gasteiger partial charge in [0.05, 0.1) is 28.1 Å². The van der Waals surface area contributed by atoms with E-state index in [1.54, 1.807) is 0 Å². The van der Waals surface area contributed by atoms with E-state index in [0.717, 1.165) is 84.3 Å². The Morgan fingerprint density at radius 3 is 2.08 bits per heavy atom. The first-order valence-electron chi connectivity index (χ1n) is 25.1. The van der Waals surface area contributed by atoms with E-state index in [4.69, 9.17) is 4.74 Å². The average Bonchev–Trinajstić information content (AvgIpc) is 4.00. The van der Waals surface area contributed by atoms with Crippen LogP contribution >= 0.6 is 0 Å². The maximum Gasteiger partial charge on any atom is 0.129 e. The molecule has 2 aromatic heterocycles. The topological polar surface area (TPSA) is 32.1 Å². The van der Waals surface area contributed by atoms with Gasteiger partial charge < -0.3 is 19.9 Å². The highest BCUT2D eigenvalue weighted by Gasteiger charge is 2.31. The summed E-state index contributed by atoms with van der Waals surface area (Å²) in [6, 6.07) is 72.2. The molecule has 11 aromatic rings. The molecule has 0 amide bonds. The lowest BCUT2D eigenvalue weighted by Gasteiger charge is -2.27. The van der Waals surface area contributed by atoms with Crippen LogP contribution in [0, 0.1) is 6.92 Å². The van der Waals surface area contributed by atoms with Gasteiger partial charge in [-0.15, -0.1) is 0 Å². The molecule has 5 heteroatoms. The van der Waals surface area contributed by atoms with Crippen LogP contribution in [0.4, 0.5) is 28.6 Å². The fraction of sp³-hybridized carbons (Fsp3) is 0.0588. The lowest BCUT2D eigenvalue weighted by atomic mass is 9.91. The van der Waals surface area contributed by atoms with Crippen molar-refractivity contribution < 1.29 is 4.74 Å². The molecule has 4 heterocycles. The summed E-state index contributed by atoms with van der Waals surface area (Å²) in [7, 11) is 0. The van der Waals surface area contributed by atoms with Crippen molar-refractivity contribution in [1.29, 1.82) is 0 Å². The third kappa shape index (κ3) is 7.39. The Morgan fingerprint density at radius 1 is 0.575 bits per heavy atom. The van der Waals surface area contributed by atoms with E-state index in [1.807, 2.05) is 19.1 Å². The van der Waals surface area contributed by atoms with Crippen LogP contribution in [0.15, 0.2) is 237 Å². The van der Waals surface area contributed by atoms with Crippen molar-refractivity contribution in [3.05, 3.63) is 254 Å². The lowest BCUT2D eigenvalue weighted by Crippen LogP contribution is -2.25. The van der Waals surface area contributed by atoms with Crippen LogP contribution in [0.5, 0.6) is 11.5 Å². The van der Waals surface area contributed by atoms with E-state index in [2.05, 4.69) is 258 Å². The minimum Gasteiger partial charge on any atom is -0.457 e. The number of nitrogens with one attached hydrogen (secondary N) is 1. The maximum absolute atomic E-state index is 6.98. The SMILES string of the molecule is C=C(/C=C\C=C/C)c1cccc(-c2ccccc2)c1N1CN(c2cccc(Oc3ccc4c5cccc6c7cccc(-c8ccccc8C)c7c7ccccc7c7c(n(c4c3)c65)NCC=C7)c2)c2ccccc21. The number of ether oxygens (including phenoxy) is 1. The van der Waals surface area contributed by atoms with Crippen LogP contribution in [0.2, 0.25) is 0 Å². The lowest BCUT2D eigenvalue weighted by molar-refractivity contribution is 0.483. The van der Waals surface area contributed by atoms with Crippen LogP contribution in [0.3, 0.4) is 0 Å². The fourth-order valence-electron chi connectivity index (χ4n) is 11.4. The molecular weight excluding hydrogens is 889 g/mol. The molecule has 0 saturated carbocycles. The van der Waals surface area contributed by atoms with Crippen LogP contribution in [0.1, 0.15) is 23.6 Å². The number of hydrogen-bond donors (Lipinski definition) is 1. The Bertz CT molecular complexity index is 4160. The summed E-state index contributed by atoms with van der Waals surface area (Å²) in [6.45, 7) is 10.1. The van der Waals surface area contributed by atoms with Gasteiger partial charge in [0.2, 0.25) is 0 Å². The van der Waals surface area contributed by atoms with Crippen LogP contribution in [0.25, 0.3) is 82.6 Å². The Balaban J connectivity index is 0.952. The molecule has 0 atom stereocenters. The Hall–Kier alpha value is -9.32. The molecule has 2 aliphatic heterocycles. The van der Waals surface area contributed by atoms with Crippen molar-refractivity contribution >= 4 is 89.0 Å². The van der Waals surface area contributed by atoms with Crippen molar-refractivity contribution in [2.24, 2.45) is 0 Å². The third-order valence-corrected chi connectivity index (χ3v) is 14.6. The third-order valence-electron chi connectivity index (χ3n) is 14.6. The van der Waals surface area contributed by atoms with Gasteiger partial charge in [-0.05, 0) is 99.6 Å². The van der Waals surface area contributed by atoms with Gasteiger partial charge in [0.1, 0.15) is 24.0 Å². The molecule has 13 rings (SSSR count). The molecule has 1 N–H and O–H groups in total. The second kappa shape index (κ2) is 18.1. The van der Waals surface area contributed by atoms with E-state index in [9.17, 15) is 0 Å². The van der Waals surface area contributed by atoms with Gasteiger partial charge >= 0.3 is 0 Å². The zero-order valence-electron chi connectivity index (χ0n) is 40.9. The highest BCUT2D eigenvalue weighted by molar-refractivity contribution is 6.25. The van der Waals surface area contributed by atoms with Crippen molar-refractivity contribution in [1.82, 2.24) is 4.40 Å². The number of aryl methyl sites for hydroxylation is 1. The molecular formula is C68H52N4O. The van der Waals surface area contributed by atoms with Crippen LogP contribution < -0.4 is 19.9 Å². The number of rotatable bonds is 9. The minimum atomic E-state index is 0.595. The summed E-state index contributed by atoms with van der Waals surface area (Å²) in [5.74, 6) is 2.57. The highest BCUT2D eigenvalue weighted by Crippen LogP contribution is 2.50. The van der Waals surface area contributed by atoms with Gasteiger partial charge in [-0.3, -0.25) is 4.40 Å². The second-order valence-electron chi connectivity index (χ2n) is 18.9. The molecule has 350 valence electrons. The smallest absolute Gasteiger partial charge is 0.129 e. The number of nitrogens with zero attached hydrogens (tertiary/aromatic N) is 3. The predicted octanol–water partition coefficient (Wildman–Crippen LogP) is 18.4. The number of benzene rings is 9. The first-order valence-corrected chi connectivity index (χ1v) is 25.1. The Kier molecular flexibility index (Phi) is 10.8. The van der Waals surface area contributed by atoms with Crippen LogP contribution in [-0.4, -0.2) is 17.6 Å². The standard InChI is InChI=1S/C68H52N4O/c1-4-5-7-21-46(3)52-30-17-31-53(47-23-8-6-9-24-47)66(52)71-44-70(62-37-14-15-38-63(62)71)48-25-16-26-49(42-48)73-50-39-40-55-59-34-19-35-60-58-33-18-32-56(51-27-11-10-22-45(51)2)65(58)57-29-13-12-28-54(57)61-36-20-41-69-68(61)72(67(59)60)64(55)43-50/h4-40,42-43,69H,3,41,44H2,1-2H3/b5-4-,21-7-. The molecule has 73 heavy (non-hydrogen) atoms. The minimum absolute atomic E-state index is 0.595. The monoisotopic (exact) mass is 940 g/mol. The van der Waals surface area contributed by atoms with Gasteiger partial charge in [0, 0.05) is 57.2 Å². The number of para-hydroxylation sites is 4. The molecule has 5 nitrogen and oxygen atoms in total. The maximum atomic E-state index is 6.98. The zero-order valence-corrected chi connectivity index (χ0v) is 40.9. The van der Waals surface area contributed by atoms with Crippen molar-refractivity contribution in [3.63, 3.8) is 0 Å². The molecule has 0 saturated heterocycles. The van der Waals surface area contributed by atoms with Gasteiger partial charge in [-0.25, -0.2) is 0 Å². The number of anilines is 5. The largest absolute Gasteiger partial charge is 0.457 e. The van der Waals surface area contributed by atoms with E-state index >= 15 is 0 Å². The highest BCUT2D eigenvalue weighted by atomic mass is 16.5.